The van der Waals surface area contributed by atoms with Gasteiger partial charge in [-0.3, -0.25) is 4.79 Å². The second-order valence-corrected chi connectivity index (χ2v) is 5.30. The molecule has 2 aromatic rings. The quantitative estimate of drug-likeness (QED) is 0.696. The maximum absolute atomic E-state index is 11.7. The second-order valence-electron chi connectivity index (χ2n) is 5.30. The lowest BCUT2D eigenvalue weighted by Gasteiger charge is -2.14. The molecule has 0 spiro atoms. The minimum Gasteiger partial charge on any atom is -0.491 e. The molecule has 0 aliphatic carbocycles. The van der Waals surface area contributed by atoms with E-state index in [0.29, 0.717) is 5.75 Å². The summed E-state index contributed by atoms with van der Waals surface area (Å²) >= 11 is 0. The predicted molar refractivity (Wildman–Crippen MR) is 90.6 cm³/mol. The van der Waals surface area contributed by atoms with Gasteiger partial charge >= 0.3 is 0 Å². The zero-order chi connectivity index (χ0) is 16.5. The number of ether oxygens (including phenoxy) is 1. The van der Waals surface area contributed by atoms with Crippen molar-refractivity contribution >= 4 is 11.6 Å². The molecule has 23 heavy (non-hydrogen) atoms. The number of carbonyl (C=O) groups is 1. The minimum absolute atomic E-state index is 0.135. The Balaban J connectivity index is 1.63. The van der Waals surface area contributed by atoms with Crippen LogP contribution in [0.2, 0.25) is 0 Å². The highest BCUT2D eigenvalue weighted by atomic mass is 16.5. The average molecular weight is 314 g/mol. The standard InChI is InChI=1S/C18H22N2O3/c1-14-6-5-9-17(10-14)23-13-16(21)11-20-18(22)12-19-15-7-3-2-4-8-15/h2-10,16,19,21H,11-13H2,1H3,(H,20,22). The van der Waals surface area contributed by atoms with E-state index in [1.807, 2.05) is 61.5 Å². The summed E-state index contributed by atoms with van der Waals surface area (Å²) in [6, 6.07) is 17.1. The number of amides is 1. The number of carbonyl (C=O) groups excluding carboxylic acids is 1. The van der Waals surface area contributed by atoms with Gasteiger partial charge < -0.3 is 20.5 Å². The molecule has 5 nitrogen and oxygen atoms in total. The van der Waals surface area contributed by atoms with Gasteiger partial charge in [0.05, 0.1) is 6.54 Å². The zero-order valence-electron chi connectivity index (χ0n) is 13.2. The van der Waals surface area contributed by atoms with Crippen LogP contribution in [-0.2, 0) is 4.79 Å². The molecule has 0 bridgehead atoms. The van der Waals surface area contributed by atoms with E-state index >= 15 is 0 Å². The Morgan fingerprint density at radius 2 is 1.96 bits per heavy atom. The van der Waals surface area contributed by atoms with E-state index in [1.165, 1.54) is 0 Å². The number of para-hydroxylation sites is 1. The van der Waals surface area contributed by atoms with Gasteiger partial charge in [-0.05, 0) is 36.8 Å². The zero-order valence-corrected chi connectivity index (χ0v) is 13.2. The van der Waals surface area contributed by atoms with Crippen LogP contribution in [0.25, 0.3) is 0 Å². The van der Waals surface area contributed by atoms with E-state index < -0.39 is 6.10 Å². The van der Waals surface area contributed by atoms with E-state index in [2.05, 4.69) is 10.6 Å². The van der Waals surface area contributed by atoms with Gasteiger partial charge in [0, 0.05) is 12.2 Å². The normalized spacial score (nSPS) is 11.6. The highest BCUT2D eigenvalue weighted by molar-refractivity contribution is 5.80. The second kappa shape index (κ2) is 8.80. The molecule has 0 saturated carbocycles. The predicted octanol–water partition coefficient (Wildman–Crippen LogP) is 1.96. The summed E-state index contributed by atoms with van der Waals surface area (Å²) in [6.07, 6.45) is -0.754. The fraction of sp³-hybridized carbons (Fsp3) is 0.278. The molecule has 1 atom stereocenters. The molecule has 1 amide bonds. The van der Waals surface area contributed by atoms with E-state index in [1.54, 1.807) is 0 Å². The molecule has 3 N–H and O–H groups in total. The minimum atomic E-state index is -0.754. The van der Waals surface area contributed by atoms with Crippen LogP contribution in [0, 0.1) is 6.92 Å². The molecule has 0 aromatic heterocycles. The van der Waals surface area contributed by atoms with Crippen molar-refractivity contribution in [1.29, 1.82) is 0 Å². The van der Waals surface area contributed by atoms with Gasteiger partial charge in [-0.15, -0.1) is 0 Å². The molecule has 5 heteroatoms. The summed E-state index contributed by atoms with van der Waals surface area (Å²) in [7, 11) is 0. The summed E-state index contributed by atoms with van der Waals surface area (Å²) in [6.45, 7) is 2.43. The molecule has 0 fully saturated rings. The van der Waals surface area contributed by atoms with Crippen molar-refractivity contribution in [2.45, 2.75) is 13.0 Å². The van der Waals surface area contributed by atoms with Gasteiger partial charge in [0.2, 0.25) is 5.91 Å². The first-order valence-electron chi connectivity index (χ1n) is 7.56. The van der Waals surface area contributed by atoms with Crippen LogP contribution in [0.5, 0.6) is 5.75 Å². The Kier molecular flexibility index (Phi) is 6.44. The Labute approximate surface area is 136 Å². The van der Waals surface area contributed by atoms with Crippen LogP contribution in [0.15, 0.2) is 54.6 Å². The lowest BCUT2D eigenvalue weighted by Crippen LogP contribution is -2.38. The largest absolute Gasteiger partial charge is 0.491 e. The van der Waals surface area contributed by atoms with Crippen molar-refractivity contribution < 1.29 is 14.6 Å². The van der Waals surface area contributed by atoms with Crippen molar-refractivity contribution in [3.8, 4) is 5.75 Å². The summed E-state index contributed by atoms with van der Waals surface area (Å²) in [5.41, 5.74) is 1.98. The smallest absolute Gasteiger partial charge is 0.239 e. The third kappa shape index (κ3) is 6.40. The monoisotopic (exact) mass is 314 g/mol. The van der Waals surface area contributed by atoms with E-state index in [-0.39, 0.29) is 25.6 Å². The Bertz CT molecular complexity index is 617. The molecule has 2 rings (SSSR count). The van der Waals surface area contributed by atoms with Gasteiger partial charge in [-0.25, -0.2) is 0 Å². The number of anilines is 1. The molecule has 0 aliphatic rings. The number of aliphatic hydroxyl groups is 1. The summed E-state index contributed by atoms with van der Waals surface area (Å²) < 4.78 is 5.49. The van der Waals surface area contributed by atoms with Crippen molar-refractivity contribution in [3.05, 3.63) is 60.2 Å². The highest BCUT2D eigenvalue weighted by Crippen LogP contribution is 2.12. The Morgan fingerprint density at radius 3 is 2.70 bits per heavy atom. The highest BCUT2D eigenvalue weighted by Gasteiger charge is 2.08. The van der Waals surface area contributed by atoms with Crippen LogP contribution in [0.1, 0.15) is 5.56 Å². The summed E-state index contributed by atoms with van der Waals surface area (Å²) in [4.78, 5) is 11.7. The molecule has 1 unspecified atom stereocenters. The molecular formula is C18H22N2O3. The lowest BCUT2D eigenvalue weighted by atomic mass is 10.2. The van der Waals surface area contributed by atoms with Crippen LogP contribution >= 0.6 is 0 Å². The fourth-order valence-electron chi connectivity index (χ4n) is 1.99. The Morgan fingerprint density at radius 1 is 1.17 bits per heavy atom. The first-order chi connectivity index (χ1) is 11.1. The average Bonchev–Trinajstić information content (AvgIpc) is 2.57. The van der Waals surface area contributed by atoms with E-state index in [9.17, 15) is 9.90 Å². The summed E-state index contributed by atoms with van der Waals surface area (Å²) in [5, 5.41) is 15.5. The van der Waals surface area contributed by atoms with Crippen molar-refractivity contribution in [3.63, 3.8) is 0 Å². The van der Waals surface area contributed by atoms with E-state index in [0.717, 1.165) is 11.3 Å². The van der Waals surface area contributed by atoms with Crippen LogP contribution in [0.4, 0.5) is 5.69 Å². The molecular weight excluding hydrogens is 292 g/mol. The molecule has 0 aliphatic heterocycles. The van der Waals surface area contributed by atoms with Gasteiger partial charge in [-0.1, -0.05) is 30.3 Å². The Hall–Kier alpha value is -2.53. The van der Waals surface area contributed by atoms with Crippen molar-refractivity contribution in [1.82, 2.24) is 5.32 Å². The first kappa shape index (κ1) is 16.8. The van der Waals surface area contributed by atoms with E-state index in [4.69, 9.17) is 4.74 Å². The number of hydrogen-bond donors (Lipinski definition) is 3. The van der Waals surface area contributed by atoms with Crippen LogP contribution < -0.4 is 15.4 Å². The third-order valence-corrected chi connectivity index (χ3v) is 3.19. The first-order valence-corrected chi connectivity index (χ1v) is 7.56. The SMILES string of the molecule is Cc1cccc(OCC(O)CNC(=O)CNc2ccccc2)c1. The molecule has 0 saturated heterocycles. The molecule has 2 aromatic carbocycles. The third-order valence-electron chi connectivity index (χ3n) is 3.19. The topological polar surface area (TPSA) is 70.6 Å². The number of aliphatic hydroxyl groups excluding tert-OH is 1. The van der Waals surface area contributed by atoms with Crippen molar-refractivity contribution in [2.75, 3.05) is 25.0 Å². The van der Waals surface area contributed by atoms with Gasteiger partial charge in [0.25, 0.3) is 0 Å². The number of aryl methyl sites for hydroxylation is 1. The molecule has 0 radical (unpaired) electrons. The number of nitrogens with one attached hydrogen (secondary N) is 2. The lowest BCUT2D eigenvalue weighted by molar-refractivity contribution is -0.119. The van der Waals surface area contributed by atoms with Gasteiger partial charge in [0.15, 0.2) is 0 Å². The number of hydrogen-bond acceptors (Lipinski definition) is 4. The number of rotatable bonds is 8. The fourth-order valence-corrected chi connectivity index (χ4v) is 1.99. The van der Waals surface area contributed by atoms with Gasteiger partial charge in [-0.2, -0.15) is 0 Å². The maximum Gasteiger partial charge on any atom is 0.239 e. The molecule has 122 valence electrons. The van der Waals surface area contributed by atoms with Crippen LogP contribution in [-0.4, -0.2) is 36.8 Å². The molecule has 0 heterocycles. The maximum atomic E-state index is 11.7. The summed E-state index contributed by atoms with van der Waals surface area (Å²) in [5.74, 6) is 0.532. The van der Waals surface area contributed by atoms with Crippen LogP contribution in [0.3, 0.4) is 0 Å². The van der Waals surface area contributed by atoms with Crippen molar-refractivity contribution in [2.24, 2.45) is 0 Å². The van der Waals surface area contributed by atoms with Gasteiger partial charge in [0.1, 0.15) is 18.5 Å². The number of benzene rings is 2.